The SMILES string of the molecule is C1=CNC(N=NC2CCCCC2)N=C1. The van der Waals surface area contributed by atoms with Gasteiger partial charge in [0.25, 0.3) is 0 Å². The third kappa shape index (κ3) is 2.65. The average Bonchev–Trinajstić information content (AvgIpc) is 2.29. The molecule has 0 aromatic heterocycles. The second-order valence-electron chi connectivity index (χ2n) is 3.72. The fraction of sp³-hybridized carbons (Fsp3) is 0.700. The molecule has 14 heavy (non-hydrogen) atoms. The number of allylic oxidation sites excluding steroid dienone is 1. The van der Waals surface area contributed by atoms with Gasteiger partial charge in [0.2, 0.25) is 6.29 Å². The summed E-state index contributed by atoms with van der Waals surface area (Å²) in [6, 6.07) is 0.437. The Hall–Kier alpha value is -1.19. The van der Waals surface area contributed by atoms with Crippen molar-refractivity contribution >= 4 is 6.21 Å². The molecule has 1 aliphatic carbocycles. The third-order valence-corrected chi connectivity index (χ3v) is 2.57. The molecule has 0 aromatic carbocycles. The Kier molecular flexibility index (Phi) is 3.27. The van der Waals surface area contributed by atoms with Gasteiger partial charge in [-0.3, -0.25) is 0 Å². The van der Waals surface area contributed by atoms with Gasteiger partial charge in [-0.2, -0.15) is 5.11 Å². The number of aliphatic imine (C=N–C) groups is 1. The predicted octanol–water partition coefficient (Wildman–Crippen LogP) is 2.24. The lowest BCUT2D eigenvalue weighted by Crippen LogP contribution is -2.22. The minimum absolute atomic E-state index is 0.193. The summed E-state index contributed by atoms with van der Waals surface area (Å²) in [4.78, 5) is 4.13. The average molecular weight is 192 g/mol. The summed E-state index contributed by atoms with van der Waals surface area (Å²) >= 11 is 0. The number of rotatable bonds is 2. The highest BCUT2D eigenvalue weighted by molar-refractivity contribution is 5.71. The van der Waals surface area contributed by atoms with Gasteiger partial charge in [0, 0.05) is 12.4 Å². The molecule has 1 fully saturated rings. The number of hydrogen-bond donors (Lipinski definition) is 1. The molecule has 4 nitrogen and oxygen atoms in total. The van der Waals surface area contributed by atoms with Crippen LogP contribution in [0.4, 0.5) is 0 Å². The molecular formula is C10H16N4. The lowest BCUT2D eigenvalue weighted by atomic mass is 9.96. The van der Waals surface area contributed by atoms with Crippen molar-refractivity contribution in [3.05, 3.63) is 12.3 Å². The van der Waals surface area contributed by atoms with Crippen LogP contribution in [0.1, 0.15) is 32.1 Å². The fourth-order valence-electron chi connectivity index (χ4n) is 1.78. The van der Waals surface area contributed by atoms with Crippen LogP contribution in [0.3, 0.4) is 0 Å². The Morgan fingerprint density at radius 1 is 1.14 bits per heavy atom. The highest BCUT2D eigenvalue weighted by atomic mass is 15.3. The van der Waals surface area contributed by atoms with E-state index >= 15 is 0 Å². The Labute approximate surface area is 84.2 Å². The van der Waals surface area contributed by atoms with Gasteiger partial charge in [-0.15, -0.1) is 5.11 Å². The van der Waals surface area contributed by atoms with E-state index in [4.69, 9.17) is 0 Å². The van der Waals surface area contributed by atoms with E-state index in [1.165, 1.54) is 32.1 Å². The van der Waals surface area contributed by atoms with Crippen LogP contribution in [-0.2, 0) is 0 Å². The van der Waals surface area contributed by atoms with Gasteiger partial charge >= 0.3 is 0 Å². The Bertz CT molecular complexity index is 251. The molecule has 1 N–H and O–H groups in total. The molecule has 1 saturated carbocycles. The molecule has 4 heteroatoms. The first kappa shape index (κ1) is 9.37. The zero-order valence-electron chi connectivity index (χ0n) is 8.26. The van der Waals surface area contributed by atoms with Crippen molar-refractivity contribution < 1.29 is 0 Å². The second-order valence-corrected chi connectivity index (χ2v) is 3.72. The van der Waals surface area contributed by atoms with E-state index in [0.717, 1.165) is 0 Å². The summed E-state index contributed by atoms with van der Waals surface area (Å²) in [5, 5.41) is 11.5. The summed E-state index contributed by atoms with van der Waals surface area (Å²) in [5.74, 6) is 0. The van der Waals surface area contributed by atoms with Crippen LogP contribution < -0.4 is 5.32 Å². The van der Waals surface area contributed by atoms with E-state index in [0.29, 0.717) is 6.04 Å². The van der Waals surface area contributed by atoms with Gasteiger partial charge in [-0.1, -0.05) is 19.3 Å². The maximum absolute atomic E-state index is 4.32. The lowest BCUT2D eigenvalue weighted by molar-refractivity contribution is 0.418. The van der Waals surface area contributed by atoms with Gasteiger partial charge < -0.3 is 5.32 Å². The molecule has 0 bridgehead atoms. The maximum Gasteiger partial charge on any atom is 0.232 e. The molecule has 0 amide bonds. The maximum atomic E-state index is 4.32. The number of nitrogens with one attached hydrogen (secondary N) is 1. The smallest absolute Gasteiger partial charge is 0.232 e. The largest absolute Gasteiger partial charge is 0.350 e. The van der Waals surface area contributed by atoms with Crippen LogP contribution in [0.5, 0.6) is 0 Å². The summed E-state index contributed by atoms with van der Waals surface area (Å²) in [6.07, 6.45) is 11.6. The van der Waals surface area contributed by atoms with Gasteiger partial charge in [0.1, 0.15) is 0 Å². The number of azo groups is 1. The van der Waals surface area contributed by atoms with Crippen LogP contribution in [-0.4, -0.2) is 18.5 Å². The van der Waals surface area contributed by atoms with Gasteiger partial charge in [0.05, 0.1) is 6.04 Å². The number of nitrogens with zero attached hydrogens (tertiary/aromatic N) is 3. The molecule has 1 unspecified atom stereocenters. The summed E-state index contributed by atoms with van der Waals surface area (Å²) in [5.41, 5.74) is 0. The van der Waals surface area contributed by atoms with E-state index in [9.17, 15) is 0 Å². The van der Waals surface area contributed by atoms with E-state index in [2.05, 4.69) is 20.5 Å². The van der Waals surface area contributed by atoms with Crippen LogP contribution in [0.2, 0.25) is 0 Å². The summed E-state index contributed by atoms with van der Waals surface area (Å²) in [7, 11) is 0. The van der Waals surface area contributed by atoms with Crippen molar-refractivity contribution in [3.8, 4) is 0 Å². The quantitative estimate of drug-likeness (QED) is 0.670. The molecule has 0 saturated heterocycles. The van der Waals surface area contributed by atoms with Crippen molar-refractivity contribution in [2.45, 2.75) is 44.4 Å². The Morgan fingerprint density at radius 2 is 2.00 bits per heavy atom. The van der Waals surface area contributed by atoms with Crippen molar-refractivity contribution in [3.63, 3.8) is 0 Å². The topological polar surface area (TPSA) is 49.1 Å². The number of hydrogen-bond acceptors (Lipinski definition) is 4. The van der Waals surface area contributed by atoms with Gasteiger partial charge in [0.15, 0.2) is 0 Å². The fourth-order valence-corrected chi connectivity index (χ4v) is 1.78. The van der Waals surface area contributed by atoms with E-state index in [1.807, 2.05) is 12.3 Å². The molecule has 1 atom stereocenters. The van der Waals surface area contributed by atoms with Crippen molar-refractivity contribution in [2.24, 2.45) is 15.2 Å². The molecule has 2 rings (SSSR count). The molecule has 76 valence electrons. The Balaban J connectivity index is 1.80. The zero-order chi connectivity index (χ0) is 9.64. The minimum Gasteiger partial charge on any atom is -0.350 e. The molecule has 1 heterocycles. The highest BCUT2D eigenvalue weighted by Crippen LogP contribution is 2.20. The molecule has 0 radical (unpaired) electrons. The first-order valence-corrected chi connectivity index (χ1v) is 5.29. The lowest BCUT2D eigenvalue weighted by Gasteiger charge is -2.17. The van der Waals surface area contributed by atoms with Gasteiger partial charge in [-0.25, -0.2) is 4.99 Å². The van der Waals surface area contributed by atoms with Crippen molar-refractivity contribution in [2.75, 3.05) is 0 Å². The monoisotopic (exact) mass is 192 g/mol. The molecule has 0 spiro atoms. The van der Waals surface area contributed by atoms with Crippen LogP contribution >= 0.6 is 0 Å². The highest BCUT2D eigenvalue weighted by Gasteiger charge is 2.12. The minimum atomic E-state index is -0.193. The van der Waals surface area contributed by atoms with E-state index < -0.39 is 0 Å². The van der Waals surface area contributed by atoms with E-state index in [-0.39, 0.29) is 6.29 Å². The van der Waals surface area contributed by atoms with Gasteiger partial charge in [-0.05, 0) is 18.9 Å². The first-order chi connectivity index (χ1) is 6.95. The zero-order valence-corrected chi connectivity index (χ0v) is 8.26. The molecule has 0 aromatic rings. The predicted molar refractivity (Wildman–Crippen MR) is 56.3 cm³/mol. The standard InChI is InChI=1S/C10H16N4/c1-2-5-9(6-3-1)13-14-10-11-7-4-8-12-10/h4,7-11H,1-3,5-6H2. The van der Waals surface area contributed by atoms with Crippen molar-refractivity contribution in [1.82, 2.24) is 5.32 Å². The summed E-state index contributed by atoms with van der Waals surface area (Å²) in [6.45, 7) is 0. The summed E-state index contributed by atoms with van der Waals surface area (Å²) < 4.78 is 0. The molecular weight excluding hydrogens is 176 g/mol. The van der Waals surface area contributed by atoms with Crippen molar-refractivity contribution in [1.29, 1.82) is 0 Å². The normalized spacial score (nSPS) is 28.1. The van der Waals surface area contributed by atoms with Crippen LogP contribution in [0.15, 0.2) is 27.5 Å². The molecule has 2 aliphatic rings. The molecule has 1 aliphatic heterocycles. The first-order valence-electron chi connectivity index (χ1n) is 5.29. The van der Waals surface area contributed by atoms with E-state index in [1.54, 1.807) is 6.21 Å². The van der Waals surface area contributed by atoms with Crippen LogP contribution in [0.25, 0.3) is 0 Å². The third-order valence-electron chi connectivity index (χ3n) is 2.57. The second kappa shape index (κ2) is 4.88. The van der Waals surface area contributed by atoms with Crippen LogP contribution in [0, 0.1) is 0 Å². The Morgan fingerprint density at radius 3 is 2.71 bits per heavy atom.